The van der Waals surface area contributed by atoms with Crippen LogP contribution in [0.1, 0.15) is 386 Å². The molecular weight excluding hydrogens is 1090 g/mol. The lowest BCUT2D eigenvalue weighted by molar-refractivity contribution is -0.870. The van der Waals surface area contributed by atoms with Gasteiger partial charge >= 0.3 is 19.8 Å². The van der Waals surface area contributed by atoms with Gasteiger partial charge in [-0.25, -0.2) is 4.57 Å². The zero-order valence-electron chi connectivity index (χ0n) is 58.1. The number of quaternary nitrogens is 1. The van der Waals surface area contributed by atoms with Crippen LogP contribution in [0.5, 0.6) is 0 Å². The molecule has 0 aliphatic heterocycles. The van der Waals surface area contributed by atoms with E-state index in [2.05, 4.69) is 50.3 Å². The number of phosphoric ester groups is 1. The van der Waals surface area contributed by atoms with Crippen molar-refractivity contribution in [3.05, 3.63) is 36.5 Å². The topological polar surface area (TPSA) is 108 Å². The first-order chi connectivity index (χ1) is 42.0. The summed E-state index contributed by atoms with van der Waals surface area (Å²) in [7, 11) is 1.50. The summed E-state index contributed by atoms with van der Waals surface area (Å²) in [5.74, 6) is -0.775. The van der Waals surface area contributed by atoms with Crippen LogP contribution in [0.25, 0.3) is 0 Å². The fraction of sp³-hybridized carbons (Fsp3) is 0.895. The summed E-state index contributed by atoms with van der Waals surface area (Å²) in [6, 6.07) is 0. The summed E-state index contributed by atoms with van der Waals surface area (Å²) in [5, 5.41) is 0. The Morgan fingerprint density at radius 2 is 0.628 bits per heavy atom. The highest BCUT2D eigenvalue weighted by atomic mass is 31.2. The average Bonchev–Trinajstić information content (AvgIpc) is 3.53. The van der Waals surface area contributed by atoms with Crippen molar-refractivity contribution in [2.75, 3.05) is 47.5 Å². The maximum Gasteiger partial charge on any atom is 0.472 e. The molecule has 0 aromatic heterocycles. The number of allylic oxidation sites excluding steroid dienone is 6. The number of likely N-dealkylation sites (N-methyl/N-ethyl adjacent to an activating group) is 1. The van der Waals surface area contributed by atoms with Crippen molar-refractivity contribution in [3.8, 4) is 0 Å². The minimum atomic E-state index is -4.39. The van der Waals surface area contributed by atoms with Crippen molar-refractivity contribution < 1.29 is 42.1 Å². The summed E-state index contributed by atoms with van der Waals surface area (Å²) in [5.41, 5.74) is 0. The molecule has 0 rings (SSSR count). The Bertz CT molecular complexity index is 1540. The lowest BCUT2D eigenvalue weighted by Crippen LogP contribution is -2.37. The Kier molecular flexibility index (Phi) is 66.2. The number of ether oxygens (including phenoxy) is 2. The quantitative estimate of drug-likeness (QED) is 0.0211. The molecule has 10 heteroatoms. The number of carbonyl (C=O) groups is 2. The number of nitrogens with zero attached hydrogens (tertiary/aromatic N) is 1. The standard InChI is InChI=1S/C76H146NO8P/c1-6-8-10-12-14-16-18-20-22-24-26-28-30-32-34-35-36-37-38-39-40-41-43-44-46-48-50-52-54-56-58-60-62-64-66-68-75(78)82-72-74(73-84-86(80,81)83-71-70-77(3,4)5)85-76(79)69-67-65-63-61-59-57-55-53-51-49-47-45-42-33-31-29-27-25-23-21-19-17-15-13-11-9-7-2/h19,21,24-27,74H,6-18,20,22-23,28-73H2,1-5H3/p+1/b21-19-,26-24-,27-25-. The number of hydrogen-bond acceptors (Lipinski definition) is 7. The minimum Gasteiger partial charge on any atom is -0.462 e. The van der Waals surface area contributed by atoms with Gasteiger partial charge in [0.1, 0.15) is 19.8 Å². The van der Waals surface area contributed by atoms with Gasteiger partial charge in [0, 0.05) is 12.8 Å². The molecule has 0 radical (unpaired) electrons. The maximum atomic E-state index is 12.9. The van der Waals surface area contributed by atoms with E-state index < -0.39 is 26.5 Å². The number of rotatable bonds is 71. The minimum absolute atomic E-state index is 0.0344. The highest BCUT2D eigenvalue weighted by Crippen LogP contribution is 2.43. The molecule has 0 aromatic carbocycles. The van der Waals surface area contributed by atoms with Crippen molar-refractivity contribution in [1.82, 2.24) is 0 Å². The third-order valence-electron chi connectivity index (χ3n) is 17.1. The fourth-order valence-electron chi connectivity index (χ4n) is 11.3. The van der Waals surface area contributed by atoms with E-state index in [-0.39, 0.29) is 25.6 Å². The SMILES string of the molecule is CCCCCCC/C=C\C/C=C\CCCCCCCCCCCCCCCCCC(=O)OC(COC(=O)CCCCCCCCCCCCCCCCCCCCCCCCC/C=C\CCCCCCCCCC)COP(=O)(O)OCC[N+](C)(C)C. The molecule has 0 heterocycles. The van der Waals surface area contributed by atoms with Gasteiger partial charge in [-0.1, -0.05) is 339 Å². The van der Waals surface area contributed by atoms with Crippen molar-refractivity contribution >= 4 is 19.8 Å². The van der Waals surface area contributed by atoms with E-state index in [0.717, 1.165) is 38.5 Å². The molecule has 0 aliphatic carbocycles. The number of hydrogen-bond donors (Lipinski definition) is 1. The Balaban J connectivity index is 3.94. The summed E-state index contributed by atoms with van der Waals surface area (Å²) in [4.78, 5) is 35.9. The molecule has 0 saturated heterocycles. The lowest BCUT2D eigenvalue weighted by Gasteiger charge is -2.24. The molecule has 508 valence electrons. The van der Waals surface area contributed by atoms with Crippen LogP contribution >= 0.6 is 7.82 Å². The van der Waals surface area contributed by atoms with Crippen LogP contribution in [-0.4, -0.2) is 74.9 Å². The van der Waals surface area contributed by atoms with Crippen LogP contribution in [0.4, 0.5) is 0 Å². The van der Waals surface area contributed by atoms with Gasteiger partial charge in [0.25, 0.3) is 0 Å². The third-order valence-corrected chi connectivity index (χ3v) is 18.1. The van der Waals surface area contributed by atoms with Crippen LogP contribution in [0.2, 0.25) is 0 Å². The molecule has 9 nitrogen and oxygen atoms in total. The predicted molar refractivity (Wildman–Crippen MR) is 372 cm³/mol. The third kappa shape index (κ3) is 71.3. The molecule has 0 aromatic rings. The van der Waals surface area contributed by atoms with Gasteiger partial charge in [0.2, 0.25) is 0 Å². The zero-order valence-corrected chi connectivity index (χ0v) is 59.0. The second-order valence-corrected chi connectivity index (χ2v) is 28.5. The van der Waals surface area contributed by atoms with Crippen molar-refractivity contribution in [3.63, 3.8) is 0 Å². The molecule has 2 atom stereocenters. The van der Waals surface area contributed by atoms with Gasteiger partial charge in [0.15, 0.2) is 6.10 Å². The van der Waals surface area contributed by atoms with E-state index in [9.17, 15) is 19.0 Å². The molecule has 0 bridgehead atoms. The van der Waals surface area contributed by atoms with Gasteiger partial charge in [-0.15, -0.1) is 0 Å². The van der Waals surface area contributed by atoms with Crippen LogP contribution in [-0.2, 0) is 32.7 Å². The van der Waals surface area contributed by atoms with Crippen LogP contribution in [0.3, 0.4) is 0 Å². The first-order valence-corrected chi connectivity index (χ1v) is 39.2. The Hall–Kier alpha value is -1.77. The van der Waals surface area contributed by atoms with Gasteiger partial charge < -0.3 is 18.9 Å². The normalized spacial score (nSPS) is 13.2. The number of esters is 2. The largest absolute Gasteiger partial charge is 0.472 e. The Morgan fingerprint density at radius 1 is 0.360 bits per heavy atom. The first kappa shape index (κ1) is 84.2. The molecule has 86 heavy (non-hydrogen) atoms. The van der Waals surface area contributed by atoms with Crippen LogP contribution < -0.4 is 0 Å². The molecule has 0 amide bonds. The lowest BCUT2D eigenvalue weighted by atomic mass is 10.0. The summed E-state index contributed by atoms with van der Waals surface area (Å²) in [6.07, 6.45) is 87.1. The van der Waals surface area contributed by atoms with Crippen molar-refractivity contribution in [2.45, 2.75) is 392 Å². The highest BCUT2D eigenvalue weighted by Gasteiger charge is 2.27. The molecule has 0 aliphatic rings. The summed E-state index contributed by atoms with van der Waals surface area (Å²) in [6.45, 7) is 4.50. The van der Waals surface area contributed by atoms with E-state index in [1.807, 2.05) is 21.1 Å². The monoisotopic (exact) mass is 1230 g/mol. The Morgan fingerprint density at radius 3 is 0.930 bits per heavy atom. The molecule has 1 N–H and O–H groups in total. The van der Waals surface area contributed by atoms with Crippen molar-refractivity contribution in [2.24, 2.45) is 0 Å². The van der Waals surface area contributed by atoms with Crippen LogP contribution in [0.15, 0.2) is 36.5 Å². The number of carbonyl (C=O) groups excluding carboxylic acids is 2. The highest BCUT2D eigenvalue weighted by molar-refractivity contribution is 7.47. The van der Waals surface area contributed by atoms with Gasteiger partial charge in [-0.3, -0.25) is 18.6 Å². The predicted octanol–water partition coefficient (Wildman–Crippen LogP) is 24.6. The average molecular weight is 1230 g/mol. The smallest absolute Gasteiger partial charge is 0.462 e. The molecule has 0 fully saturated rings. The van der Waals surface area contributed by atoms with Gasteiger partial charge in [-0.05, 0) is 70.6 Å². The molecule has 0 spiro atoms. The fourth-order valence-corrected chi connectivity index (χ4v) is 12.1. The molecule has 2 unspecified atom stereocenters. The van der Waals surface area contributed by atoms with Gasteiger partial charge in [0.05, 0.1) is 27.7 Å². The molecular formula is C76H147NO8P+. The second-order valence-electron chi connectivity index (χ2n) is 27.0. The second kappa shape index (κ2) is 67.6. The van der Waals surface area contributed by atoms with Crippen LogP contribution in [0, 0.1) is 0 Å². The van der Waals surface area contributed by atoms with Crippen molar-refractivity contribution in [1.29, 1.82) is 0 Å². The Labute approximate surface area is 535 Å². The first-order valence-electron chi connectivity index (χ1n) is 37.7. The number of phosphoric acid groups is 1. The van der Waals surface area contributed by atoms with E-state index in [4.69, 9.17) is 18.5 Å². The maximum absolute atomic E-state index is 12.9. The molecule has 0 saturated carbocycles. The summed E-state index contributed by atoms with van der Waals surface area (Å²) < 4.78 is 34.8. The van der Waals surface area contributed by atoms with Gasteiger partial charge in [-0.2, -0.15) is 0 Å². The summed E-state index contributed by atoms with van der Waals surface area (Å²) >= 11 is 0. The number of unbranched alkanes of at least 4 members (excludes halogenated alkanes) is 51. The van der Waals surface area contributed by atoms with E-state index in [1.165, 1.54) is 315 Å². The van der Waals surface area contributed by atoms with E-state index >= 15 is 0 Å². The zero-order chi connectivity index (χ0) is 62.6. The van der Waals surface area contributed by atoms with E-state index in [1.54, 1.807) is 0 Å². The van der Waals surface area contributed by atoms with E-state index in [0.29, 0.717) is 23.9 Å².